The highest BCUT2D eigenvalue weighted by atomic mass is 32.2. The number of hydrogen-bond acceptors (Lipinski definition) is 5. The van der Waals surface area contributed by atoms with E-state index in [4.69, 9.17) is 4.99 Å². The van der Waals surface area contributed by atoms with Gasteiger partial charge in [0.25, 0.3) is 11.8 Å². The number of benzene rings is 3. The van der Waals surface area contributed by atoms with E-state index >= 15 is 0 Å². The summed E-state index contributed by atoms with van der Waals surface area (Å²) in [5, 5.41) is 3.37. The van der Waals surface area contributed by atoms with Crippen molar-refractivity contribution >= 4 is 40.7 Å². The van der Waals surface area contributed by atoms with Crippen molar-refractivity contribution in [2.45, 2.75) is 4.87 Å². The summed E-state index contributed by atoms with van der Waals surface area (Å²) in [6.45, 7) is 0.659. The molecule has 1 atom stereocenters. The predicted molar refractivity (Wildman–Crippen MR) is 121 cm³/mol. The lowest BCUT2D eigenvalue weighted by Crippen LogP contribution is -2.59. The van der Waals surface area contributed by atoms with Gasteiger partial charge >= 0.3 is 0 Å². The highest BCUT2D eigenvalue weighted by Crippen LogP contribution is 2.42. The van der Waals surface area contributed by atoms with Crippen LogP contribution in [0, 0.1) is 0 Å². The summed E-state index contributed by atoms with van der Waals surface area (Å²) in [6, 6.07) is 25.9. The third-order valence-corrected chi connectivity index (χ3v) is 6.61. The van der Waals surface area contributed by atoms with Crippen LogP contribution in [0.4, 0.5) is 11.4 Å². The lowest BCUT2D eigenvalue weighted by molar-refractivity contribution is -0.119. The molecule has 6 heteroatoms. The molecule has 1 N–H and O–H groups in total. The fourth-order valence-corrected chi connectivity index (χ4v) is 5.09. The quantitative estimate of drug-likeness (QED) is 0.645. The van der Waals surface area contributed by atoms with Gasteiger partial charge in [-0.05, 0) is 29.8 Å². The molecule has 5 nitrogen and oxygen atoms in total. The van der Waals surface area contributed by atoms with Crippen molar-refractivity contribution in [2.75, 3.05) is 17.2 Å². The topological polar surface area (TPSA) is 61.8 Å². The van der Waals surface area contributed by atoms with E-state index in [0.29, 0.717) is 29.2 Å². The highest BCUT2D eigenvalue weighted by Gasteiger charge is 2.52. The van der Waals surface area contributed by atoms with Crippen molar-refractivity contribution in [1.82, 2.24) is 5.32 Å². The number of anilines is 1. The summed E-state index contributed by atoms with van der Waals surface area (Å²) < 4.78 is 0. The average molecular weight is 414 g/mol. The number of thioether (sulfide) groups is 1. The normalized spacial score (nSPS) is 20.6. The third kappa shape index (κ3) is 2.96. The van der Waals surface area contributed by atoms with E-state index in [1.54, 1.807) is 30.3 Å². The van der Waals surface area contributed by atoms with Crippen LogP contribution in [0.5, 0.6) is 0 Å². The van der Waals surface area contributed by atoms with Gasteiger partial charge < -0.3 is 0 Å². The molecule has 1 saturated heterocycles. The van der Waals surface area contributed by atoms with E-state index in [9.17, 15) is 9.59 Å². The molecule has 2 heterocycles. The number of hydrogen-bond donors (Lipinski definition) is 1. The predicted octanol–water partition coefficient (Wildman–Crippen LogP) is 4.03. The van der Waals surface area contributed by atoms with E-state index in [-0.39, 0.29) is 11.8 Å². The minimum absolute atomic E-state index is 0.314. The monoisotopic (exact) mass is 413 g/mol. The van der Waals surface area contributed by atoms with E-state index < -0.39 is 4.87 Å². The summed E-state index contributed by atoms with van der Waals surface area (Å²) in [5.41, 5.74) is 3.04. The Balaban J connectivity index is 1.74. The number of rotatable bonds is 2. The summed E-state index contributed by atoms with van der Waals surface area (Å²) in [4.78, 5) is 32.7. The molecule has 5 rings (SSSR count). The first-order chi connectivity index (χ1) is 14.7. The lowest BCUT2D eigenvalue weighted by Gasteiger charge is -2.32. The molecule has 0 saturated carbocycles. The summed E-state index contributed by atoms with van der Waals surface area (Å²) in [5.74, 6) is 0.0824. The Morgan fingerprint density at radius 1 is 0.933 bits per heavy atom. The van der Waals surface area contributed by atoms with Gasteiger partial charge in [0.1, 0.15) is 0 Å². The Labute approximate surface area is 178 Å². The number of carbonyl (C=O) groups excluding carboxylic acids is 2. The zero-order valence-electron chi connectivity index (χ0n) is 16.1. The molecule has 0 aliphatic carbocycles. The Morgan fingerprint density at radius 3 is 2.30 bits per heavy atom. The first-order valence-electron chi connectivity index (χ1n) is 9.77. The molecular formula is C24H19N3O2S. The second-order valence-electron chi connectivity index (χ2n) is 7.08. The van der Waals surface area contributed by atoms with Crippen LogP contribution in [0.25, 0.3) is 0 Å². The highest BCUT2D eigenvalue weighted by molar-refractivity contribution is 8.02. The summed E-state index contributed by atoms with van der Waals surface area (Å²) >= 11 is 1.49. The van der Waals surface area contributed by atoms with Crippen LogP contribution in [0.2, 0.25) is 0 Å². The van der Waals surface area contributed by atoms with Crippen molar-refractivity contribution in [2.24, 2.45) is 4.99 Å². The SMILES string of the molecule is O=C(c1ccccc1)N1C(=O)C2(NCCS2)C(c2ccccc2)=Nc2ccccc21. The van der Waals surface area contributed by atoms with Crippen LogP contribution in [-0.2, 0) is 4.79 Å². The van der Waals surface area contributed by atoms with Crippen molar-refractivity contribution in [1.29, 1.82) is 0 Å². The number of carbonyl (C=O) groups is 2. The van der Waals surface area contributed by atoms with Crippen LogP contribution in [0.15, 0.2) is 89.9 Å². The number of amides is 2. The smallest absolute Gasteiger partial charge is 0.271 e. The number of fused-ring (bicyclic) bond motifs is 1. The van der Waals surface area contributed by atoms with Gasteiger partial charge in [-0.25, -0.2) is 9.89 Å². The number of nitrogens with zero attached hydrogens (tertiary/aromatic N) is 2. The minimum Gasteiger partial charge on any atom is -0.289 e. The van der Waals surface area contributed by atoms with Gasteiger partial charge in [0.15, 0.2) is 4.87 Å². The molecule has 1 fully saturated rings. The molecule has 1 spiro atoms. The third-order valence-electron chi connectivity index (χ3n) is 5.26. The number of para-hydroxylation sites is 2. The number of nitrogens with one attached hydrogen (secondary N) is 1. The fraction of sp³-hybridized carbons (Fsp3) is 0.125. The van der Waals surface area contributed by atoms with Crippen LogP contribution in [-0.4, -0.2) is 34.7 Å². The van der Waals surface area contributed by atoms with Gasteiger partial charge in [0.2, 0.25) is 0 Å². The maximum Gasteiger partial charge on any atom is 0.271 e. The average Bonchev–Trinajstić information content (AvgIpc) is 3.27. The molecule has 0 aromatic heterocycles. The lowest BCUT2D eigenvalue weighted by atomic mass is 10.0. The molecule has 1 unspecified atom stereocenters. The largest absolute Gasteiger partial charge is 0.289 e. The van der Waals surface area contributed by atoms with Crippen molar-refractivity contribution in [3.05, 3.63) is 96.1 Å². The minimum atomic E-state index is -1.12. The first-order valence-corrected chi connectivity index (χ1v) is 10.8. The molecule has 0 radical (unpaired) electrons. The fourth-order valence-electron chi connectivity index (χ4n) is 3.86. The van der Waals surface area contributed by atoms with E-state index in [1.165, 1.54) is 16.7 Å². The van der Waals surface area contributed by atoms with Crippen molar-refractivity contribution in [3.63, 3.8) is 0 Å². The van der Waals surface area contributed by atoms with Gasteiger partial charge in [0.05, 0.1) is 17.1 Å². The molecule has 30 heavy (non-hydrogen) atoms. The van der Waals surface area contributed by atoms with Crippen molar-refractivity contribution in [3.8, 4) is 0 Å². The molecule has 148 valence electrons. The van der Waals surface area contributed by atoms with Gasteiger partial charge in [-0.15, -0.1) is 11.8 Å². The Bertz CT molecular complexity index is 1140. The number of aliphatic imine (C=N–C) groups is 1. The van der Waals surface area contributed by atoms with Crippen LogP contribution in [0.3, 0.4) is 0 Å². The molecule has 2 amide bonds. The molecular weight excluding hydrogens is 394 g/mol. The number of imide groups is 1. The van der Waals surface area contributed by atoms with Gasteiger partial charge in [0, 0.05) is 17.9 Å². The Morgan fingerprint density at radius 2 is 1.60 bits per heavy atom. The van der Waals surface area contributed by atoms with Crippen LogP contribution < -0.4 is 10.2 Å². The molecule has 3 aromatic rings. The maximum atomic E-state index is 14.1. The van der Waals surface area contributed by atoms with E-state index in [2.05, 4.69) is 5.32 Å². The first kappa shape index (κ1) is 18.8. The van der Waals surface area contributed by atoms with Crippen LogP contribution in [0.1, 0.15) is 15.9 Å². The molecule has 2 aliphatic heterocycles. The van der Waals surface area contributed by atoms with Gasteiger partial charge in [-0.3, -0.25) is 14.9 Å². The molecule has 3 aromatic carbocycles. The zero-order valence-corrected chi connectivity index (χ0v) is 16.9. The van der Waals surface area contributed by atoms with Gasteiger partial charge in [-0.1, -0.05) is 60.7 Å². The summed E-state index contributed by atoms with van der Waals surface area (Å²) in [6.07, 6.45) is 0. The van der Waals surface area contributed by atoms with Crippen molar-refractivity contribution < 1.29 is 9.59 Å². The second kappa shape index (κ2) is 7.55. The van der Waals surface area contributed by atoms with E-state index in [1.807, 2.05) is 54.6 Å². The summed E-state index contributed by atoms with van der Waals surface area (Å²) in [7, 11) is 0. The molecule has 2 aliphatic rings. The van der Waals surface area contributed by atoms with Crippen LogP contribution >= 0.6 is 11.8 Å². The standard InChI is InChI=1S/C24H19N3O2S/c28-22(18-11-5-2-6-12-18)27-20-14-8-7-13-19(20)26-21(17-9-3-1-4-10-17)24(23(27)29)25-15-16-30-24/h1-14,25H,15-16H2. The molecule has 0 bridgehead atoms. The van der Waals surface area contributed by atoms with Gasteiger partial charge in [-0.2, -0.15) is 0 Å². The second-order valence-corrected chi connectivity index (χ2v) is 8.39. The van der Waals surface area contributed by atoms with E-state index in [0.717, 1.165) is 11.3 Å². The Hall–Kier alpha value is -3.22. The zero-order chi connectivity index (χ0) is 20.6. The maximum absolute atomic E-state index is 14.1. The Kier molecular flexibility index (Phi) is 4.73.